The van der Waals surface area contributed by atoms with Gasteiger partial charge < -0.3 is 15.2 Å². The van der Waals surface area contributed by atoms with Crippen LogP contribution in [0.4, 0.5) is 5.69 Å². The van der Waals surface area contributed by atoms with E-state index in [2.05, 4.69) is 22.4 Å². The highest BCUT2D eigenvalue weighted by molar-refractivity contribution is 5.45. The molecule has 1 heterocycles. The Bertz CT molecular complexity index is 612. The summed E-state index contributed by atoms with van der Waals surface area (Å²) in [6.45, 7) is 1.09. The smallest absolute Gasteiger partial charge is 0.113 e. The normalized spacial score (nSPS) is 16.7. The lowest BCUT2D eigenvalue weighted by Gasteiger charge is -2.22. The first-order chi connectivity index (χ1) is 11.8. The van der Waals surface area contributed by atoms with Gasteiger partial charge in [-0.2, -0.15) is 0 Å². The largest absolute Gasteiger partial charge is 0.385 e. The molecule has 0 saturated heterocycles. The molecule has 3 rings (SSSR count). The van der Waals surface area contributed by atoms with Crippen molar-refractivity contribution in [1.82, 2.24) is 4.98 Å². The molecule has 0 amide bonds. The second kappa shape index (κ2) is 8.81. The Morgan fingerprint density at radius 2 is 2.00 bits per heavy atom. The first kappa shape index (κ1) is 16.9. The van der Waals surface area contributed by atoms with Crippen molar-refractivity contribution in [2.24, 2.45) is 0 Å². The van der Waals surface area contributed by atoms with Gasteiger partial charge in [-0.3, -0.25) is 4.98 Å². The van der Waals surface area contributed by atoms with Crippen LogP contribution in [0.3, 0.4) is 0 Å². The molecule has 2 aromatic rings. The fraction of sp³-hybridized carbons (Fsp3) is 0.450. The summed E-state index contributed by atoms with van der Waals surface area (Å²) in [6, 6.07) is 13.8. The van der Waals surface area contributed by atoms with Crippen LogP contribution in [0.2, 0.25) is 0 Å². The minimum Gasteiger partial charge on any atom is -0.385 e. The number of ether oxygens (including phenoxy) is 1. The Morgan fingerprint density at radius 1 is 1.12 bits per heavy atom. The number of nitrogens with zero attached hydrogens (tertiary/aromatic N) is 1. The molecule has 1 unspecified atom stereocenters. The van der Waals surface area contributed by atoms with Gasteiger partial charge in [0.2, 0.25) is 0 Å². The molecule has 4 nitrogen and oxygen atoms in total. The van der Waals surface area contributed by atoms with Gasteiger partial charge in [0.15, 0.2) is 0 Å². The molecule has 0 radical (unpaired) electrons. The molecule has 24 heavy (non-hydrogen) atoms. The van der Waals surface area contributed by atoms with Gasteiger partial charge in [0.1, 0.15) is 6.10 Å². The van der Waals surface area contributed by atoms with E-state index in [1.807, 2.05) is 30.3 Å². The summed E-state index contributed by atoms with van der Waals surface area (Å²) in [5.41, 5.74) is 2.84. The predicted octanol–water partition coefficient (Wildman–Crippen LogP) is 4.08. The van der Waals surface area contributed by atoms with Crippen molar-refractivity contribution >= 4 is 5.69 Å². The Hall–Kier alpha value is -1.91. The van der Waals surface area contributed by atoms with Crippen LogP contribution >= 0.6 is 0 Å². The topological polar surface area (TPSA) is 54.4 Å². The van der Waals surface area contributed by atoms with Crippen LogP contribution in [-0.2, 0) is 11.3 Å². The summed E-state index contributed by atoms with van der Waals surface area (Å²) in [5.74, 6) is 0. The number of aliphatic hydroxyl groups excluding tert-OH is 1. The first-order valence-electron chi connectivity index (χ1n) is 8.84. The van der Waals surface area contributed by atoms with Gasteiger partial charge >= 0.3 is 0 Å². The lowest BCUT2D eigenvalue weighted by Crippen LogP contribution is -2.16. The molecule has 0 spiro atoms. The molecular weight excluding hydrogens is 300 g/mol. The molecule has 0 bridgehead atoms. The Labute approximate surface area is 143 Å². The number of aliphatic hydroxyl groups is 1. The molecule has 1 aromatic carbocycles. The average molecular weight is 326 g/mol. The maximum absolute atomic E-state index is 10.2. The number of aromatic nitrogens is 1. The van der Waals surface area contributed by atoms with Crippen LogP contribution in [-0.4, -0.2) is 22.7 Å². The van der Waals surface area contributed by atoms with Crippen LogP contribution in [0, 0.1) is 0 Å². The van der Waals surface area contributed by atoms with E-state index in [1.165, 1.54) is 32.1 Å². The molecule has 4 heteroatoms. The monoisotopic (exact) mass is 326 g/mol. The molecule has 1 aliphatic carbocycles. The molecule has 0 aliphatic heterocycles. The molecule has 2 N–H and O–H groups in total. The SMILES string of the molecule is OC(CNc1cccc(COC2CCCCC2)c1)c1ccccn1. The fourth-order valence-electron chi connectivity index (χ4n) is 3.11. The van der Waals surface area contributed by atoms with Crippen LogP contribution in [0.1, 0.15) is 49.5 Å². The predicted molar refractivity (Wildman–Crippen MR) is 95.8 cm³/mol. The zero-order valence-corrected chi connectivity index (χ0v) is 14.0. The van der Waals surface area contributed by atoms with Crippen LogP contribution in [0.25, 0.3) is 0 Å². The standard InChI is InChI=1S/C20H26N2O2/c23-20(19-11-4-5-12-21-19)14-22-17-8-6-7-16(13-17)15-24-18-9-2-1-3-10-18/h4-8,11-13,18,20,22-23H,1-3,9-10,14-15H2. The summed E-state index contributed by atoms with van der Waals surface area (Å²) in [7, 11) is 0. The van der Waals surface area contributed by atoms with Gasteiger partial charge in [0, 0.05) is 18.4 Å². The third-order valence-corrected chi connectivity index (χ3v) is 4.49. The van der Waals surface area contributed by atoms with Gasteiger partial charge in [0.05, 0.1) is 18.4 Å². The molecule has 1 aliphatic rings. The zero-order valence-electron chi connectivity index (χ0n) is 14.0. The highest BCUT2D eigenvalue weighted by Gasteiger charge is 2.13. The van der Waals surface area contributed by atoms with Gasteiger partial charge in [-0.15, -0.1) is 0 Å². The number of benzene rings is 1. The third kappa shape index (κ3) is 5.05. The molecular formula is C20H26N2O2. The lowest BCUT2D eigenvalue weighted by atomic mass is 9.98. The van der Waals surface area contributed by atoms with Crippen LogP contribution in [0.15, 0.2) is 48.7 Å². The molecule has 1 saturated carbocycles. The van der Waals surface area contributed by atoms with Gasteiger partial charge in [-0.25, -0.2) is 0 Å². The highest BCUT2D eigenvalue weighted by atomic mass is 16.5. The minimum absolute atomic E-state index is 0.418. The van der Waals surface area contributed by atoms with E-state index < -0.39 is 6.10 Å². The third-order valence-electron chi connectivity index (χ3n) is 4.49. The maximum atomic E-state index is 10.2. The second-order valence-electron chi connectivity index (χ2n) is 6.42. The number of hydrogen-bond acceptors (Lipinski definition) is 4. The second-order valence-corrected chi connectivity index (χ2v) is 6.42. The van der Waals surface area contributed by atoms with E-state index in [-0.39, 0.29) is 0 Å². The molecule has 1 atom stereocenters. The van der Waals surface area contributed by atoms with Crippen molar-refractivity contribution < 1.29 is 9.84 Å². The van der Waals surface area contributed by atoms with E-state index in [0.29, 0.717) is 24.9 Å². The number of anilines is 1. The summed E-state index contributed by atoms with van der Waals surface area (Å²) in [6.07, 6.45) is 7.80. The minimum atomic E-state index is -0.617. The summed E-state index contributed by atoms with van der Waals surface area (Å²) >= 11 is 0. The van der Waals surface area contributed by atoms with Gasteiger partial charge in [0.25, 0.3) is 0 Å². The van der Waals surface area contributed by atoms with Crippen molar-refractivity contribution in [3.63, 3.8) is 0 Å². The van der Waals surface area contributed by atoms with E-state index in [4.69, 9.17) is 4.74 Å². The van der Waals surface area contributed by atoms with Crippen molar-refractivity contribution in [3.05, 3.63) is 59.9 Å². The number of hydrogen-bond donors (Lipinski definition) is 2. The van der Waals surface area contributed by atoms with Crippen molar-refractivity contribution in [2.45, 2.75) is 50.9 Å². The average Bonchev–Trinajstić information content (AvgIpc) is 2.66. The van der Waals surface area contributed by atoms with E-state index in [9.17, 15) is 5.11 Å². The van der Waals surface area contributed by atoms with E-state index >= 15 is 0 Å². The highest BCUT2D eigenvalue weighted by Crippen LogP contribution is 2.22. The quantitative estimate of drug-likeness (QED) is 0.805. The number of nitrogens with one attached hydrogen (secondary N) is 1. The first-order valence-corrected chi connectivity index (χ1v) is 8.84. The van der Waals surface area contributed by atoms with Crippen molar-refractivity contribution in [2.75, 3.05) is 11.9 Å². The number of pyridine rings is 1. The molecule has 1 fully saturated rings. The van der Waals surface area contributed by atoms with E-state index in [0.717, 1.165) is 11.3 Å². The summed E-state index contributed by atoms with van der Waals surface area (Å²) in [4.78, 5) is 4.18. The molecule has 1 aromatic heterocycles. The summed E-state index contributed by atoms with van der Waals surface area (Å²) < 4.78 is 6.03. The Morgan fingerprint density at radius 3 is 2.79 bits per heavy atom. The Balaban J connectivity index is 1.49. The maximum Gasteiger partial charge on any atom is 0.113 e. The lowest BCUT2D eigenvalue weighted by molar-refractivity contribution is 0.0169. The zero-order chi connectivity index (χ0) is 16.6. The number of rotatable bonds is 7. The van der Waals surface area contributed by atoms with Crippen molar-refractivity contribution in [3.8, 4) is 0 Å². The van der Waals surface area contributed by atoms with Crippen molar-refractivity contribution in [1.29, 1.82) is 0 Å². The van der Waals surface area contributed by atoms with Crippen LogP contribution < -0.4 is 5.32 Å². The fourth-order valence-corrected chi connectivity index (χ4v) is 3.11. The van der Waals surface area contributed by atoms with Gasteiger partial charge in [-0.05, 0) is 42.7 Å². The Kier molecular flexibility index (Phi) is 6.21. The van der Waals surface area contributed by atoms with Crippen LogP contribution in [0.5, 0.6) is 0 Å². The summed E-state index contributed by atoms with van der Waals surface area (Å²) in [5, 5.41) is 13.5. The van der Waals surface area contributed by atoms with Gasteiger partial charge in [-0.1, -0.05) is 37.5 Å². The molecule has 128 valence electrons. The van der Waals surface area contributed by atoms with E-state index in [1.54, 1.807) is 6.20 Å².